The third kappa shape index (κ3) is 2.58. The van der Waals surface area contributed by atoms with E-state index in [-0.39, 0.29) is 0 Å². The second kappa shape index (κ2) is 4.12. The third-order valence-electron chi connectivity index (χ3n) is 2.14. The number of hydrogen-bond donors (Lipinski definition) is 0. The smallest absolute Gasteiger partial charge is 0.534 e. The van der Waals surface area contributed by atoms with Crippen LogP contribution in [0.5, 0.6) is 0 Å². The Hall–Kier alpha value is -1.29. The van der Waals surface area contributed by atoms with Gasteiger partial charge in [-0.1, -0.05) is 0 Å². The minimum absolute atomic E-state index is 0.703. The molecule has 0 spiro atoms. The van der Waals surface area contributed by atoms with Gasteiger partial charge in [-0.3, -0.25) is 0 Å². The minimum atomic E-state index is -5.93. The van der Waals surface area contributed by atoms with Crippen molar-refractivity contribution in [1.82, 2.24) is 0 Å². The summed E-state index contributed by atoms with van der Waals surface area (Å²) in [5.41, 5.74) is -7.91. The van der Waals surface area contributed by atoms with Crippen molar-refractivity contribution in [2.45, 2.75) is 25.0 Å². The molecular weight excluding hydrogens is 281 g/mol. The van der Waals surface area contributed by atoms with Crippen molar-refractivity contribution in [3.63, 3.8) is 0 Å². The Morgan fingerprint density at radius 2 is 1.94 bits per heavy atom. The van der Waals surface area contributed by atoms with Crippen LogP contribution in [0.25, 0.3) is 0 Å². The van der Waals surface area contributed by atoms with Gasteiger partial charge in [-0.2, -0.15) is 21.6 Å². The number of hydrogen-bond acceptors (Lipinski definition) is 6. The lowest BCUT2D eigenvalue weighted by molar-refractivity contribution is -0.300. The Kier molecular flexibility index (Phi) is 3.38. The monoisotopic (exact) mass is 289 g/mol. The summed E-state index contributed by atoms with van der Waals surface area (Å²) < 4.78 is 66.3. The zero-order chi connectivity index (χ0) is 14.4. The van der Waals surface area contributed by atoms with Gasteiger partial charge in [0.15, 0.2) is 5.76 Å². The van der Waals surface area contributed by atoms with E-state index in [2.05, 4.69) is 4.18 Å². The Balaban J connectivity index is 3.19. The van der Waals surface area contributed by atoms with Gasteiger partial charge in [0, 0.05) is 5.57 Å². The van der Waals surface area contributed by atoms with E-state index >= 15 is 0 Å². The lowest BCUT2D eigenvalue weighted by Gasteiger charge is -2.21. The summed E-state index contributed by atoms with van der Waals surface area (Å²) in [7, 11) is -5.93. The second-order valence-corrected chi connectivity index (χ2v) is 5.41. The number of aliphatic carboxylic acids is 1. The van der Waals surface area contributed by atoms with E-state index in [0.29, 0.717) is 0 Å². The normalized spacial score (nSPS) is 20.1. The van der Waals surface area contributed by atoms with Crippen LogP contribution in [0.3, 0.4) is 0 Å². The fourth-order valence-electron chi connectivity index (χ4n) is 1.33. The Labute approximate surface area is 100 Å². The van der Waals surface area contributed by atoms with Crippen LogP contribution >= 0.6 is 0 Å². The molecule has 6 nitrogen and oxygen atoms in total. The fourth-order valence-corrected chi connectivity index (χ4v) is 1.82. The highest BCUT2D eigenvalue weighted by Crippen LogP contribution is 2.35. The molecule has 0 radical (unpaired) electrons. The van der Waals surface area contributed by atoms with Crippen LogP contribution in [-0.2, 0) is 23.8 Å². The van der Waals surface area contributed by atoms with Crippen LogP contribution < -0.4 is 5.11 Å². The second-order valence-electron chi connectivity index (χ2n) is 3.87. The molecule has 0 unspecified atom stereocenters. The van der Waals surface area contributed by atoms with E-state index < -0.39 is 45.1 Å². The third-order valence-corrected chi connectivity index (χ3v) is 3.13. The average Bonchev–Trinajstić information content (AvgIpc) is 2.38. The molecule has 0 aromatic rings. The molecule has 0 aromatic carbocycles. The van der Waals surface area contributed by atoms with Gasteiger partial charge in [-0.25, -0.2) is 0 Å². The molecule has 0 fully saturated rings. The van der Waals surface area contributed by atoms with Crippen molar-refractivity contribution >= 4 is 16.1 Å². The van der Waals surface area contributed by atoms with Crippen molar-refractivity contribution in [2.75, 3.05) is 6.61 Å². The SMILES string of the molecule is CC1(C)OCC(OS(=O)(=O)C(F)(F)F)=C1C(=O)[O-]. The van der Waals surface area contributed by atoms with E-state index in [9.17, 15) is 31.5 Å². The molecule has 1 aliphatic heterocycles. The quantitative estimate of drug-likeness (QED) is 0.521. The van der Waals surface area contributed by atoms with Gasteiger partial charge in [0.05, 0.1) is 11.6 Å². The summed E-state index contributed by atoms with van der Waals surface area (Å²) in [4.78, 5) is 10.8. The first kappa shape index (κ1) is 14.8. The van der Waals surface area contributed by atoms with Gasteiger partial charge in [0.2, 0.25) is 0 Å². The molecule has 0 aliphatic carbocycles. The van der Waals surface area contributed by atoms with Crippen LogP contribution in [-0.4, -0.2) is 32.1 Å². The van der Waals surface area contributed by atoms with Crippen LogP contribution in [0, 0.1) is 0 Å². The molecule has 0 N–H and O–H groups in total. The number of carboxylic acid groups (broad SMARTS) is 1. The van der Waals surface area contributed by atoms with E-state index in [4.69, 9.17) is 4.74 Å². The largest absolute Gasteiger partial charge is 0.545 e. The Morgan fingerprint density at radius 3 is 2.33 bits per heavy atom. The molecule has 0 aromatic heterocycles. The number of ether oxygens (including phenoxy) is 1. The summed E-state index contributed by atoms with van der Waals surface area (Å²) in [6.07, 6.45) is 0. The van der Waals surface area contributed by atoms with E-state index in [1.807, 2.05) is 0 Å². The molecule has 0 bridgehead atoms. The predicted octanol–water partition coefficient (Wildman–Crippen LogP) is -0.335. The van der Waals surface area contributed by atoms with Gasteiger partial charge in [0.25, 0.3) is 0 Å². The number of halogens is 3. The fraction of sp³-hybridized carbons (Fsp3) is 0.625. The summed E-state index contributed by atoms with van der Waals surface area (Å²) in [6.45, 7) is 1.76. The molecule has 0 saturated heterocycles. The molecule has 104 valence electrons. The Bertz CT molecular complexity index is 501. The maximum atomic E-state index is 12.1. The molecule has 0 atom stereocenters. The minimum Gasteiger partial charge on any atom is -0.545 e. The summed E-state index contributed by atoms with van der Waals surface area (Å²) in [5, 5.41) is 10.8. The molecular formula is C8H8F3O6S-. The highest BCUT2D eigenvalue weighted by atomic mass is 32.2. The molecule has 1 aliphatic rings. The number of carboxylic acids is 1. The number of alkyl halides is 3. The van der Waals surface area contributed by atoms with Crippen LogP contribution in [0.15, 0.2) is 11.3 Å². The molecule has 18 heavy (non-hydrogen) atoms. The molecule has 0 amide bonds. The van der Waals surface area contributed by atoms with Gasteiger partial charge in [0.1, 0.15) is 6.61 Å². The van der Waals surface area contributed by atoms with Crippen LogP contribution in [0.4, 0.5) is 13.2 Å². The van der Waals surface area contributed by atoms with Gasteiger partial charge in [-0.05, 0) is 13.8 Å². The van der Waals surface area contributed by atoms with Gasteiger partial charge < -0.3 is 18.8 Å². The van der Waals surface area contributed by atoms with Crippen molar-refractivity contribution in [1.29, 1.82) is 0 Å². The number of carbonyl (C=O) groups is 1. The van der Waals surface area contributed by atoms with E-state index in [1.54, 1.807) is 0 Å². The van der Waals surface area contributed by atoms with E-state index in [1.165, 1.54) is 13.8 Å². The predicted molar refractivity (Wildman–Crippen MR) is 48.1 cm³/mol. The standard InChI is InChI=1S/C8H9F3O6S/c1-7(2)5(6(12)13)4(3-16-7)17-18(14,15)8(9,10)11/h3H2,1-2H3,(H,12,13)/p-1. The first-order valence-electron chi connectivity index (χ1n) is 4.48. The van der Waals surface area contributed by atoms with E-state index in [0.717, 1.165) is 0 Å². The maximum Gasteiger partial charge on any atom is 0.534 e. The molecule has 1 heterocycles. The molecule has 0 saturated carbocycles. The Morgan fingerprint density at radius 1 is 1.44 bits per heavy atom. The number of rotatable bonds is 3. The number of carbonyl (C=O) groups excluding carboxylic acids is 1. The van der Waals surface area contributed by atoms with Crippen LogP contribution in [0.1, 0.15) is 13.8 Å². The lowest BCUT2D eigenvalue weighted by Crippen LogP contribution is -2.36. The topological polar surface area (TPSA) is 92.7 Å². The maximum absolute atomic E-state index is 12.1. The lowest BCUT2D eigenvalue weighted by atomic mass is 9.99. The van der Waals surface area contributed by atoms with Crippen molar-refractivity contribution in [2.24, 2.45) is 0 Å². The van der Waals surface area contributed by atoms with Crippen molar-refractivity contribution in [3.05, 3.63) is 11.3 Å². The summed E-state index contributed by atoms with van der Waals surface area (Å²) in [5.74, 6) is -2.79. The zero-order valence-electron chi connectivity index (χ0n) is 9.20. The molecule has 10 heteroatoms. The van der Waals surface area contributed by atoms with Crippen LogP contribution in [0.2, 0.25) is 0 Å². The first-order chi connectivity index (χ1) is 7.88. The van der Waals surface area contributed by atoms with Crippen molar-refractivity contribution in [3.8, 4) is 0 Å². The average molecular weight is 289 g/mol. The molecule has 1 rings (SSSR count). The highest BCUT2D eigenvalue weighted by Gasteiger charge is 2.50. The van der Waals surface area contributed by atoms with Crippen molar-refractivity contribution < 1.29 is 40.4 Å². The summed E-state index contributed by atoms with van der Waals surface area (Å²) in [6, 6.07) is 0. The summed E-state index contributed by atoms with van der Waals surface area (Å²) >= 11 is 0. The highest BCUT2D eigenvalue weighted by molar-refractivity contribution is 7.87. The van der Waals surface area contributed by atoms with Gasteiger partial charge in [-0.15, -0.1) is 0 Å². The zero-order valence-corrected chi connectivity index (χ0v) is 10.0. The van der Waals surface area contributed by atoms with Gasteiger partial charge >= 0.3 is 15.6 Å². The first-order valence-corrected chi connectivity index (χ1v) is 5.89.